The van der Waals surface area contributed by atoms with Crippen molar-refractivity contribution in [3.05, 3.63) is 65.8 Å². The number of nitrogens with zero attached hydrogens (tertiary/aromatic N) is 2. The average Bonchev–Trinajstić information content (AvgIpc) is 3.32. The second-order valence-corrected chi connectivity index (χ2v) is 12.3. The fraction of sp³-hybridized carbons (Fsp3) is 0.355. The summed E-state index contributed by atoms with van der Waals surface area (Å²) in [5.74, 6) is -5.43. The van der Waals surface area contributed by atoms with Gasteiger partial charge in [0.2, 0.25) is 17.6 Å². The number of anilines is 1. The van der Waals surface area contributed by atoms with Crippen molar-refractivity contribution in [3.63, 3.8) is 0 Å². The first-order chi connectivity index (χ1) is 19.9. The predicted octanol–water partition coefficient (Wildman–Crippen LogP) is 4.25. The molecule has 1 saturated carbocycles. The van der Waals surface area contributed by atoms with Crippen LogP contribution in [0, 0.1) is 17.8 Å². The van der Waals surface area contributed by atoms with Gasteiger partial charge in [-0.15, -0.1) is 23.2 Å². The minimum absolute atomic E-state index is 0.0626. The van der Waals surface area contributed by atoms with E-state index < -0.39 is 51.1 Å². The number of likely N-dealkylation sites (tertiary alicyclic amines) is 1. The highest BCUT2D eigenvalue weighted by atomic mass is 35.5. The van der Waals surface area contributed by atoms with Gasteiger partial charge < -0.3 is 14.6 Å². The maximum absolute atomic E-state index is 14.1. The van der Waals surface area contributed by atoms with E-state index in [1.807, 2.05) is 6.08 Å². The summed E-state index contributed by atoms with van der Waals surface area (Å²) in [6, 6.07) is 9.96. The number of halogens is 2. The van der Waals surface area contributed by atoms with Crippen LogP contribution in [0.5, 0.6) is 17.2 Å². The monoisotopic (exact) mass is 610 g/mol. The zero-order valence-corrected chi connectivity index (χ0v) is 24.6. The van der Waals surface area contributed by atoms with Crippen LogP contribution < -0.4 is 14.4 Å². The number of hydrogen-bond donors (Lipinski definition) is 1. The van der Waals surface area contributed by atoms with E-state index in [1.54, 1.807) is 30.3 Å². The van der Waals surface area contributed by atoms with Gasteiger partial charge in [0.1, 0.15) is 0 Å². The number of fused-ring (bicyclic) bond motifs is 4. The van der Waals surface area contributed by atoms with E-state index in [0.717, 1.165) is 10.5 Å². The van der Waals surface area contributed by atoms with Crippen molar-refractivity contribution in [3.8, 4) is 17.2 Å². The van der Waals surface area contributed by atoms with Crippen molar-refractivity contribution in [1.82, 2.24) is 4.90 Å². The van der Waals surface area contributed by atoms with Crippen molar-refractivity contribution < 1.29 is 33.8 Å². The number of alkyl halides is 2. The van der Waals surface area contributed by atoms with Crippen molar-refractivity contribution in [2.45, 2.75) is 28.5 Å². The van der Waals surface area contributed by atoms with Gasteiger partial charge in [-0.05, 0) is 54.2 Å². The first kappa shape index (κ1) is 28.3. The van der Waals surface area contributed by atoms with Gasteiger partial charge in [0.05, 0.1) is 31.7 Å². The number of carbonyl (C=O) groups excluding carboxylic acids is 4. The molecule has 11 heteroatoms. The molecule has 0 spiro atoms. The van der Waals surface area contributed by atoms with Crippen LogP contribution in [0.4, 0.5) is 5.69 Å². The summed E-state index contributed by atoms with van der Waals surface area (Å²) in [6.07, 6.45) is 3.61. The lowest BCUT2D eigenvalue weighted by molar-refractivity contribution is -0.138. The standard InChI is InChI=1S/C31H28Cl2N2O7/c1-5-15-6-8-17(9-7-15)35-26(37)19-11-10-18-20(23(19)27(35)38)14-30(32)28(39)34(2)29(40)31(30,33)24(18)16-12-21(41-3)25(36)22(13-16)42-4/h5-10,12-13,19-20,23-24,36H,1,11,14H2,2-4H3/t19-,20+,23-,24-,30+,31-/m0/s1. The Morgan fingerprint density at radius 3 is 2.17 bits per heavy atom. The molecular weight excluding hydrogens is 583 g/mol. The molecule has 9 nitrogen and oxygen atoms in total. The van der Waals surface area contributed by atoms with Gasteiger partial charge >= 0.3 is 0 Å². The number of rotatable bonds is 5. The maximum atomic E-state index is 14.1. The van der Waals surface area contributed by atoms with Crippen molar-refractivity contribution in [2.75, 3.05) is 26.2 Å². The Morgan fingerprint density at radius 2 is 1.60 bits per heavy atom. The SMILES string of the molecule is C=Cc1ccc(N2C(=O)[C@H]3[C@H](CC=C4[C@H]3C[C@@]3(Cl)C(=O)N(C)C(=O)[C@@]3(Cl)[C@H]4c3cc(OC)c(O)c(OC)c3)C2=O)cc1. The summed E-state index contributed by atoms with van der Waals surface area (Å²) in [5, 5.41) is 10.6. The van der Waals surface area contributed by atoms with E-state index in [4.69, 9.17) is 32.7 Å². The van der Waals surface area contributed by atoms with E-state index >= 15 is 0 Å². The Hall–Kier alpha value is -3.82. The first-order valence-electron chi connectivity index (χ1n) is 13.4. The third kappa shape index (κ3) is 3.50. The highest BCUT2D eigenvalue weighted by Crippen LogP contribution is 2.66. The van der Waals surface area contributed by atoms with Gasteiger partial charge in [0.25, 0.3) is 11.8 Å². The fourth-order valence-electron chi connectivity index (χ4n) is 7.21. The molecule has 4 amide bonds. The molecule has 2 saturated heterocycles. The minimum Gasteiger partial charge on any atom is -0.502 e. The maximum Gasteiger partial charge on any atom is 0.253 e. The van der Waals surface area contributed by atoms with Gasteiger partial charge in [-0.1, -0.05) is 36.4 Å². The van der Waals surface area contributed by atoms with Crippen LogP contribution in [0.3, 0.4) is 0 Å². The number of phenols is 1. The summed E-state index contributed by atoms with van der Waals surface area (Å²) >= 11 is 14.4. The Kier molecular flexibility index (Phi) is 6.47. The highest BCUT2D eigenvalue weighted by Gasteiger charge is 2.76. The van der Waals surface area contributed by atoms with Crippen LogP contribution >= 0.6 is 23.2 Å². The average molecular weight is 611 g/mol. The number of benzene rings is 2. The molecule has 0 radical (unpaired) electrons. The van der Waals surface area contributed by atoms with Crippen LogP contribution in [0.15, 0.2) is 54.6 Å². The molecule has 2 aliphatic carbocycles. The molecule has 6 atom stereocenters. The van der Waals surface area contributed by atoms with Crippen LogP contribution in [-0.4, -0.2) is 64.7 Å². The molecular formula is C31H28Cl2N2O7. The van der Waals surface area contributed by atoms with Gasteiger partial charge in [0.15, 0.2) is 21.2 Å². The summed E-state index contributed by atoms with van der Waals surface area (Å²) in [4.78, 5) is 53.4. The summed E-state index contributed by atoms with van der Waals surface area (Å²) < 4.78 is 10.7. The van der Waals surface area contributed by atoms with Gasteiger partial charge in [-0.3, -0.25) is 29.0 Å². The normalized spacial score (nSPS) is 31.9. The van der Waals surface area contributed by atoms with Gasteiger partial charge in [-0.2, -0.15) is 0 Å². The molecule has 218 valence electrons. The molecule has 0 unspecified atom stereocenters. The molecule has 42 heavy (non-hydrogen) atoms. The molecule has 2 aliphatic heterocycles. The van der Waals surface area contributed by atoms with E-state index in [-0.39, 0.29) is 36.0 Å². The van der Waals surface area contributed by atoms with Crippen molar-refractivity contribution in [2.24, 2.45) is 17.8 Å². The number of imide groups is 2. The molecule has 3 fully saturated rings. The third-order valence-corrected chi connectivity index (χ3v) is 10.7. The summed E-state index contributed by atoms with van der Waals surface area (Å²) in [5.41, 5.74) is 2.30. The molecule has 4 aliphatic rings. The smallest absolute Gasteiger partial charge is 0.253 e. The number of amides is 4. The Labute approximate surface area is 252 Å². The number of aromatic hydroxyl groups is 1. The fourth-order valence-corrected chi connectivity index (χ4v) is 8.23. The molecule has 6 rings (SSSR count). The van der Waals surface area contributed by atoms with E-state index in [0.29, 0.717) is 16.8 Å². The minimum atomic E-state index is -1.96. The number of hydrogen-bond acceptors (Lipinski definition) is 7. The van der Waals surface area contributed by atoms with E-state index in [9.17, 15) is 24.3 Å². The van der Waals surface area contributed by atoms with Crippen molar-refractivity contribution in [1.29, 1.82) is 0 Å². The zero-order valence-electron chi connectivity index (χ0n) is 23.1. The van der Waals surface area contributed by atoms with Crippen molar-refractivity contribution >= 4 is 58.6 Å². The number of methoxy groups -OCH3 is 2. The lowest BCUT2D eigenvalue weighted by Gasteiger charge is -2.50. The van der Waals surface area contributed by atoms with Crippen LogP contribution in [0.2, 0.25) is 0 Å². The lowest BCUT2D eigenvalue weighted by Crippen LogP contribution is -2.60. The summed E-state index contributed by atoms with van der Waals surface area (Å²) in [7, 11) is 4.06. The Morgan fingerprint density at radius 1 is 0.976 bits per heavy atom. The van der Waals surface area contributed by atoms with Crippen LogP contribution in [0.1, 0.15) is 29.9 Å². The molecule has 0 bridgehead atoms. The second-order valence-electron chi connectivity index (χ2n) is 11.1. The first-order valence-corrected chi connectivity index (χ1v) is 14.2. The highest BCUT2D eigenvalue weighted by molar-refractivity contribution is 6.53. The molecule has 1 N–H and O–H groups in total. The van der Waals surface area contributed by atoms with E-state index in [2.05, 4.69) is 6.58 Å². The summed E-state index contributed by atoms with van der Waals surface area (Å²) in [6.45, 7) is 3.74. The Balaban J connectivity index is 1.53. The number of carbonyl (C=O) groups is 4. The molecule has 2 aromatic rings. The second kappa shape index (κ2) is 9.61. The number of ether oxygens (including phenoxy) is 2. The molecule has 2 aromatic carbocycles. The zero-order chi connectivity index (χ0) is 30.3. The number of allylic oxidation sites excluding steroid dienone is 2. The third-order valence-electron chi connectivity index (χ3n) is 9.24. The van der Waals surface area contributed by atoms with Crippen LogP contribution in [0.25, 0.3) is 6.08 Å². The molecule has 0 aromatic heterocycles. The molecule has 2 heterocycles. The topological polar surface area (TPSA) is 113 Å². The van der Waals surface area contributed by atoms with Crippen LogP contribution in [-0.2, 0) is 19.2 Å². The largest absolute Gasteiger partial charge is 0.502 e. The van der Waals surface area contributed by atoms with Gasteiger partial charge in [0, 0.05) is 13.0 Å². The lowest BCUT2D eigenvalue weighted by atomic mass is 9.56. The van der Waals surface area contributed by atoms with Gasteiger partial charge in [-0.25, -0.2) is 0 Å². The van der Waals surface area contributed by atoms with E-state index in [1.165, 1.54) is 38.3 Å². The predicted molar refractivity (Wildman–Crippen MR) is 156 cm³/mol. The quantitative estimate of drug-likeness (QED) is 0.306. The Bertz CT molecular complexity index is 1580. The number of phenolic OH excluding ortho intramolecular Hbond substituents is 1.